The number of H-pyrrole nitrogens is 1. The van der Waals surface area contributed by atoms with Crippen molar-refractivity contribution in [2.45, 2.75) is 51.7 Å². The molecule has 4 N–H and O–H groups in total. The molecule has 11 nitrogen and oxygen atoms in total. The summed E-state index contributed by atoms with van der Waals surface area (Å²) in [4.78, 5) is 29.8. The Morgan fingerprint density at radius 3 is 2.78 bits per heavy atom. The molecule has 41 heavy (non-hydrogen) atoms. The third-order valence-corrected chi connectivity index (χ3v) is 7.25. The summed E-state index contributed by atoms with van der Waals surface area (Å²) in [5, 5.41) is 16.0. The maximum absolute atomic E-state index is 12.5. The van der Waals surface area contributed by atoms with Crippen LogP contribution in [-0.4, -0.2) is 56.8 Å². The van der Waals surface area contributed by atoms with Crippen LogP contribution in [0.4, 0.5) is 11.6 Å². The highest BCUT2D eigenvalue weighted by molar-refractivity contribution is 5.99. The number of rotatable bonds is 9. The SMILES string of the molecule is COc1cc(C(=O)NC(C)CO)ccc1Nc1nc(OC2CCCC2)c2c(-c3ccc4nc(C)oc4c3)c[nH]c2n1. The molecule has 0 saturated heterocycles. The average Bonchev–Trinajstić information content (AvgIpc) is 3.72. The van der Waals surface area contributed by atoms with E-state index in [9.17, 15) is 9.90 Å². The van der Waals surface area contributed by atoms with E-state index in [0.717, 1.165) is 47.7 Å². The highest BCUT2D eigenvalue weighted by atomic mass is 16.5. The summed E-state index contributed by atoms with van der Waals surface area (Å²) in [5.41, 5.74) is 4.96. The summed E-state index contributed by atoms with van der Waals surface area (Å²) in [5.74, 6) is 1.56. The van der Waals surface area contributed by atoms with Crippen molar-refractivity contribution in [3.05, 3.63) is 54.0 Å². The highest BCUT2D eigenvalue weighted by Crippen LogP contribution is 2.38. The number of aliphatic hydroxyl groups is 1. The molecule has 0 aliphatic heterocycles. The predicted molar refractivity (Wildman–Crippen MR) is 155 cm³/mol. The zero-order chi connectivity index (χ0) is 28.5. The van der Waals surface area contributed by atoms with E-state index in [-0.39, 0.29) is 24.7 Å². The second-order valence-electron chi connectivity index (χ2n) is 10.3. The van der Waals surface area contributed by atoms with Gasteiger partial charge in [0.1, 0.15) is 23.0 Å². The van der Waals surface area contributed by atoms with E-state index in [2.05, 4.69) is 20.6 Å². The molecule has 0 radical (unpaired) electrons. The number of carbonyl (C=O) groups is 1. The fourth-order valence-electron chi connectivity index (χ4n) is 5.15. The third kappa shape index (κ3) is 5.40. The summed E-state index contributed by atoms with van der Waals surface area (Å²) < 4.78 is 17.8. The molecule has 0 bridgehead atoms. The van der Waals surface area contributed by atoms with Gasteiger partial charge in [0, 0.05) is 30.3 Å². The second-order valence-corrected chi connectivity index (χ2v) is 10.3. The monoisotopic (exact) mass is 556 g/mol. The number of nitrogens with zero attached hydrogens (tertiary/aromatic N) is 3. The number of oxazole rings is 1. The minimum absolute atomic E-state index is 0.0803. The summed E-state index contributed by atoms with van der Waals surface area (Å²) in [6.45, 7) is 3.40. The van der Waals surface area contributed by atoms with E-state index in [1.54, 1.807) is 25.1 Å². The van der Waals surface area contributed by atoms with Gasteiger partial charge in [0.15, 0.2) is 11.5 Å². The van der Waals surface area contributed by atoms with Gasteiger partial charge in [0.05, 0.1) is 24.8 Å². The molecule has 1 unspecified atom stereocenters. The minimum atomic E-state index is -0.364. The molecular formula is C30H32N6O5. The second kappa shape index (κ2) is 11.1. The summed E-state index contributed by atoms with van der Waals surface area (Å²) in [7, 11) is 1.53. The Morgan fingerprint density at radius 2 is 2.00 bits per heavy atom. The van der Waals surface area contributed by atoms with Gasteiger partial charge < -0.3 is 34.6 Å². The molecule has 5 aromatic rings. The van der Waals surface area contributed by atoms with Crippen molar-refractivity contribution < 1.29 is 23.8 Å². The fraction of sp³-hybridized carbons (Fsp3) is 0.333. The number of aryl methyl sites for hydroxylation is 1. The van der Waals surface area contributed by atoms with Gasteiger partial charge in [-0.25, -0.2) is 4.98 Å². The number of fused-ring (bicyclic) bond motifs is 2. The average molecular weight is 557 g/mol. The molecule has 1 aliphatic rings. The summed E-state index contributed by atoms with van der Waals surface area (Å²) in [6.07, 6.45) is 6.18. The van der Waals surface area contributed by atoms with Crippen LogP contribution in [0.1, 0.15) is 48.9 Å². The van der Waals surface area contributed by atoms with E-state index in [1.165, 1.54) is 7.11 Å². The van der Waals surface area contributed by atoms with Gasteiger partial charge in [0.25, 0.3) is 5.91 Å². The first-order chi connectivity index (χ1) is 19.9. The molecular weight excluding hydrogens is 524 g/mol. The molecule has 1 saturated carbocycles. The van der Waals surface area contributed by atoms with E-state index in [4.69, 9.17) is 23.9 Å². The lowest BCUT2D eigenvalue weighted by molar-refractivity contribution is 0.0922. The number of anilines is 2. The molecule has 2 aromatic carbocycles. The number of methoxy groups -OCH3 is 1. The molecule has 1 amide bonds. The highest BCUT2D eigenvalue weighted by Gasteiger charge is 2.23. The number of aliphatic hydroxyl groups excluding tert-OH is 1. The van der Waals surface area contributed by atoms with E-state index in [0.29, 0.717) is 45.9 Å². The number of nitrogens with one attached hydrogen (secondary N) is 3. The Labute approximate surface area is 236 Å². The first kappa shape index (κ1) is 26.6. The Bertz CT molecular complexity index is 1720. The number of hydrogen-bond acceptors (Lipinski definition) is 9. The Balaban J connectivity index is 1.37. The minimum Gasteiger partial charge on any atom is -0.495 e. The van der Waals surface area contributed by atoms with E-state index < -0.39 is 0 Å². The van der Waals surface area contributed by atoms with E-state index >= 15 is 0 Å². The lowest BCUT2D eigenvalue weighted by Crippen LogP contribution is -2.34. The van der Waals surface area contributed by atoms with Crippen LogP contribution in [-0.2, 0) is 0 Å². The van der Waals surface area contributed by atoms with Crippen molar-refractivity contribution in [1.29, 1.82) is 0 Å². The first-order valence-corrected chi connectivity index (χ1v) is 13.7. The van der Waals surface area contributed by atoms with Gasteiger partial charge in [-0.15, -0.1) is 0 Å². The molecule has 1 atom stereocenters. The Kier molecular flexibility index (Phi) is 7.19. The van der Waals surface area contributed by atoms with Crippen molar-refractivity contribution in [1.82, 2.24) is 25.3 Å². The van der Waals surface area contributed by atoms with Crippen molar-refractivity contribution in [3.8, 4) is 22.8 Å². The van der Waals surface area contributed by atoms with Gasteiger partial charge >= 0.3 is 0 Å². The number of amides is 1. The predicted octanol–water partition coefficient (Wildman–Crippen LogP) is 5.26. The molecule has 1 aliphatic carbocycles. The molecule has 6 rings (SSSR count). The van der Waals surface area contributed by atoms with Crippen LogP contribution in [0.2, 0.25) is 0 Å². The van der Waals surface area contributed by atoms with Crippen LogP contribution in [0, 0.1) is 6.92 Å². The molecule has 3 heterocycles. The molecule has 3 aromatic heterocycles. The van der Waals surface area contributed by atoms with Crippen LogP contribution in [0.15, 0.2) is 47.0 Å². The number of benzene rings is 2. The summed E-state index contributed by atoms with van der Waals surface area (Å²) >= 11 is 0. The largest absolute Gasteiger partial charge is 0.495 e. The van der Waals surface area contributed by atoms with Crippen LogP contribution in [0.5, 0.6) is 11.6 Å². The first-order valence-electron chi connectivity index (χ1n) is 13.7. The van der Waals surface area contributed by atoms with Crippen LogP contribution in [0.3, 0.4) is 0 Å². The lowest BCUT2D eigenvalue weighted by atomic mass is 10.1. The van der Waals surface area contributed by atoms with Crippen LogP contribution < -0.4 is 20.1 Å². The van der Waals surface area contributed by atoms with Crippen molar-refractivity contribution >= 4 is 39.7 Å². The zero-order valence-corrected chi connectivity index (χ0v) is 23.2. The maximum atomic E-state index is 12.5. The van der Waals surface area contributed by atoms with Crippen LogP contribution >= 0.6 is 0 Å². The Morgan fingerprint density at radius 1 is 1.17 bits per heavy atom. The number of carbonyl (C=O) groups excluding carboxylic acids is 1. The molecule has 0 spiro atoms. The lowest BCUT2D eigenvalue weighted by Gasteiger charge is -2.16. The quantitative estimate of drug-likeness (QED) is 0.191. The standard InChI is InChI=1S/C30H32N6O5/c1-16(15-37)32-28(38)19-9-11-22(24(13-19)39-3)34-30-35-27-26(29(36-30)41-20-6-4-5-7-20)21(14-31-27)18-8-10-23-25(12-18)40-17(2)33-23/h8-14,16,20,37H,4-7,15H2,1-3H3,(H,32,38)(H2,31,34,35,36). The molecule has 212 valence electrons. The van der Waals surface area contributed by atoms with Gasteiger partial charge in [-0.05, 0) is 68.5 Å². The van der Waals surface area contributed by atoms with Gasteiger partial charge in [-0.1, -0.05) is 6.07 Å². The van der Waals surface area contributed by atoms with Crippen molar-refractivity contribution in [3.63, 3.8) is 0 Å². The van der Waals surface area contributed by atoms with Crippen molar-refractivity contribution in [2.75, 3.05) is 19.0 Å². The van der Waals surface area contributed by atoms with Crippen molar-refractivity contribution in [2.24, 2.45) is 0 Å². The van der Waals surface area contributed by atoms with Gasteiger partial charge in [-0.3, -0.25) is 4.79 Å². The fourth-order valence-corrected chi connectivity index (χ4v) is 5.15. The number of ether oxygens (including phenoxy) is 2. The third-order valence-electron chi connectivity index (χ3n) is 7.25. The topological polar surface area (TPSA) is 147 Å². The molecule has 1 fully saturated rings. The smallest absolute Gasteiger partial charge is 0.251 e. The number of hydrogen-bond donors (Lipinski definition) is 4. The van der Waals surface area contributed by atoms with E-state index in [1.807, 2.05) is 31.3 Å². The number of aromatic nitrogens is 4. The van der Waals surface area contributed by atoms with Gasteiger partial charge in [-0.2, -0.15) is 9.97 Å². The molecule has 11 heteroatoms. The normalized spacial score (nSPS) is 14.4. The maximum Gasteiger partial charge on any atom is 0.251 e. The van der Waals surface area contributed by atoms with Crippen LogP contribution in [0.25, 0.3) is 33.3 Å². The zero-order valence-electron chi connectivity index (χ0n) is 23.2. The summed E-state index contributed by atoms with van der Waals surface area (Å²) in [6, 6.07) is 10.6. The Hall–Kier alpha value is -4.64. The number of aromatic amines is 1. The van der Waals surface area contributed by atoms with Gasteiger partial charge in [0.2, 0.25) is 11.8 Å².